The first-order chi connectivity index (χ1) is 18.6. The summed E-state index contributed by atoms with van der Waals surface area (Å²) in [4.78, 5) is 4.96. The molecule has 0 radical (unpaired) electrons. The van der Waals surface area contributed by atoms with E-state index in [0.717, 1.165) is 45.4 Å². The number of ether oxygens (including phenoxy) is 1. The van der Waals surface area contributed by atoms with Crippen LogP contribution in [0.25, 0.3) is 11.3 Å². The van der Waals surface area contributed by atoms with Crippen molar-refractivity contribution in [1.29, 1.82) is 0 Å². The largest absolute Gasteiger partial charge is 0.489 e. The van der Waals surface area contributed by atoms with Crippen LogP contribution in [0.15, 0.2) is 114 Å². The first-order valence-electron chi connectivity index (χ1n) is 12.5. The summed E-state index contributed by atoms with van der Waals surface area (Å²) in [5.41, 5.74) is 7.71. The number of benzene rings is 4. The van der Waals surface area contributed by atoms with E-state index in [1.165, 1.54) is 11.1 Å². The molecule has 0 saturated carbocycles. The monoisotopic (exact) mass is 535 g/mol. The first kappa shape index (κ1) is 24.4. The Morgan fingerprint density at radius 3 is 2.32 bits per heavy atom. The molecule has 1 aliphatic rings. The third-order valence-corrected chi connectivity index (χ3v) is 7.72. The number of aryl methyl sites for hydroxylation is 1. The number of anilines is 1. The molecule has 38 heavy (non-hydrogen) atoms. The predicted molar refractivity (Wildman–Crippen MR) is 157 cm³/mol. The van der Waals surface area contributed by atoms with Crippen LogP contribution < -0.4 is 9.75 Å². The number of rotatable bonds is 7. The molecule has 0 saturated heterocycles. The Morgan fingerprint density at radius 2 is 1.58 bits per heavy atom. The summed E-state index contributed by atoms with van der Waals surface area (Å²) in [6.07, 6.45) is 0.795. The van der Waals surface area contributed by atoms with Crippen molar-refractivity contribution in [2.75, 3.05) is 5.01 Å². The first-order valence-corrected chi connectivity index (χ1v) is 13.8. The Balaban J connectivity index is 1.27. The molecule has 0 fully saturated rings. The Labute approximate surface area is 231 Å². The summed E-state index contributed by atoms with van der Waals surface area (Å²) in [6.45, 7) is 2.65. The highest BCUT2D eigenvalue weighted by Gasteiger charge is 2.31. The summed E-state index contributed by atoms with van der Waals surface area (Å²) in [7, 11) is 0. The van der Waals surface area contributed by atoms with Crippen LogP contribution in [0.3, 0.4) is 0 Å². The van der Waals surface area contributed by atoms with E-state index >= 15 is 0 Å². The van der Waals surface area contributed by atoms with Crippen molar-refractivity contribution in [2.45, 2.75) is 26.0 Å². The molecular formula is C32H26ClN3OS. The molecule has 6 rings (SSSR count). The van der Waals surface area contributed by atoms with Crippen LogP contribution in [0.4, 0.5) is 5.13 Å². The molecule has 0 spiro atoms. The van der Waals surface area contributed by atoms with Gasteiger partial charge in [-0.1, -0.05) is 96.0 Å². The van der Waals surface area contributed by atoms with Crippen LogP contribution in [0, 0.1) is 6.92 Å². The molecule has 188 valence electrons. The summed E-state index contributed by atoms with van der Waals surface area (Å²) < 4.78 is 6.02. The summed E-state index contributed by atoms with van der Waals surface area (Å²) in [5, 5.41) is 10.8. The Morgan fingerprint density at radius 1 is 0.868 bits per heavy atom. The Bertz CT molecular complexity index is 1550. The highest BCUT2D eigenvalue weighted by Crippen LogP contribution is 2.40. The van der Waals surface area contributed by atoms with Gasteiger partial charge in [-0.25, -0.2) is 9.99 Å². The lowest BCUT2D eigenvalue weighted by molar-refractivity contribution is 0.306. The number of aromatic nitrogens is 1. The van der Waals surface area contributed by atoms with Gasteiger partial charge in [0.05, 0.1) is 17.4 Å². The molecule has 5 aromatic rings. The van der Waals surface area contributed by atoms with Gasteiger partial charge < -0.3 is 4.74 Å². The van der Waals surface area contributed by atoms with Crippen LogP contribution in [0.1, 0.15) is 34.7 Å². The molecule has 1 aliphatic heterocycles. The van der Waals surface area contributed by atoms with Crippen LogP contribution in [0.2, 0.25) is 5.02 Å². The molecule has 0 aliphatic carbocycles. The molecule has 0 amide bonds. The summed E-state index contributed by atoms with van der Waals surface area (Å²) >= 11 is 7.69. The number of hydrogen-bond acceptors (Lipinski definition) is 5. The molecule has 0 bridgehead atoms. The topological polar surface area (TPSA) is 37.7 Å². The van der Waals surface area contributed by atoms with Gasteiger partial charge in [-0.15, -0.1) is 11.3 Å². The minimum absolute atomic E-state index is 0.0405. The molecule has 2 heterocycles. The zero-order chi connectivity index (χ0) is 25.9. The lowest BCUT2D eigenvalue weighted by Gasteiger charge is -2.21. The van der Waals surface area contributed by atoms with Crippen LogP contribution >= 0.6 is 22.9 Å². The minimum Gasteiger partial charge on any atom is -0.489 e. The van der Waals surface area contributed by atoms with Crippen molar-refractivity contribution in [3.63, 3.8) is 0 Å². The maximum absolute atomic E-state index is 6.09. The van der Waals surface area contributed by atoms with Gasteiger partial charge in [-0.3, -0.25) is 0 Å². The van der Waals surface area contributed by atoms with E-state index in [4.69, 9.17) is 26.4 Å². The van der Waals surface area contributed by atoms with Gasteiger partial charge in [0.1, 0.15) is 12.4 Å². The third kappa shape index (κ3) is 5.35. The minimum atomic E-state index is 0.0405. The fourth-order valence-electron chi connectivity index (χ4n) is 4.52. The van der Waals surface area contributed by atoms with Crippen molar-refractivity contribution in [3.05, 3.63) is 136 Å². The molecule has 4 nitrogen and oxygen atoms in total. The Hall–Kier alpha value is -3.93. The fraction of sp³-hybridized carbons (Fsp3) is 0.125. The predicted octanol–water partition coefficient (Wildman–Crippen LogP) is 8.71. The molecule has 4 aromatic carbocycles. The van der Waals surface area contributed by atoms with Gasteiger partial charge in [0.2, 0.25) is 5.13 Å². The Kier molecular flexibility index (Phi) is 6.95. The van der Waals surface area contributed by atoms with Crippen LogP contribution in [-0.2, 0) is 6.61 Å². The third-order valence-electron chi connectivity index (χ3n) is 6.64. The van der Waals surface area contributed by atoms with Gasteiger partial charge in [0.25, 0.3) is 0 Å². The van der Waals surface area contributed by atoms with Gasteiger partial charge >= 0.3 is 0 Å². The van der Waals surface area contributed by atoms with E-state index in [2.05, 4.69) is 65.8 Å². The molecule has 0 N–H and O–H groups in total. The van der Waals surface area contributed by atoms with Crippen molar-refractivity contribution in [3.8, 4) is 17.0 Å². The van der Waals surface area contributed by atoms with Gasteiger partial charge in [0, 0.05) is 22.4 Å². The molecule has 1 aromatic heterocycles. The number of hydrogen-bond donors (Lipinski definition) is 0. The summed E-state index contributed by atoms with van der Waals surface area (Å²) in [6, 6.07) is 35.0. The number of halogens is 1. The average molecular weight is 536 g/mol. The second-order valence-corrected chi connectivity index (χ2v) is 10.6. The second-order valence-electron chi connectivity index (χ2n) is 9.34. The van der Waals surface area contributed by atoms with E-state index < -0.39 is 0 Å². The standard InChI is InChI=1S/C32H26ClN3OS/c1-22-7-9-24(10-8-22)29-19-31(26-13-17-28(18-14-26)37-20-23-5-3-2-4-6-23)36(35-29)32-34-30(21-38-32)25-11-15-27(33)16-12-25/h2-18,21,31H,19-20H2,1H3. The van der Waals surface area contributed by atoms with E-state index in [0.29, 0.717) is 11.6 Å². The van der Waals surface area contributed by atoms with Gasteiger partial charge in [-0.05, 0) is 47.9 Å². The summed E-state index contributed by atoms with van der Waals surface area (Å²) in [5.74, 6) is 0.848. The second kappa shape index (κ2) is 10.8. The van der Waals surface area contributed by atoms with Gasteiger partial charge in [-0.2, -0.15) is 5.10 Å². The zero-order valence-corrected chi connectivity index (χ0v) is 22.5. The molecule has 1 unspecified atom stereocenters. The average Bonchev–Trinajstić information content (AvgIpc) is 3.62. The van der Waals surface area contributed by atoms with E-state index in [1.807, 2.05) is 54.6 Å². The lowest BCUT2D eigenvalue weighted by Crippen LogP contribution is -2.18. The van der Waals surface area contributed by atoms with E-state index in [-0.39, 0.29) is 6.04 Å². The number of hydrazone groups is 1. The number of thiazole rings is 1. The van der Waals surface area contributed by atoms with Crippen molar-refractivity contribution in [1.82, 2.24) is 4.98 Å². The maximum atomic E-state index is 6.09. The number of nitrogens with zero attached hydrogens (tertiary/aromatic N) is 3. The molecule has 6 heteroatoms. The normalized spacial score (nSPS) is 14.9. The molecule has 1 atom stereocenters. The quantitative estimate of drug-likeness (QED) is 0.209. The van der Waals surface area contributed by atoms with E-state index in [1.54, 1.807) is 11.3 Å². The maximum Gasteiger partial charge on any atom is 0.207 e. The highest BCUT2D eigenvalue weighted by atomic mass is 35.5. The zero-order valence-electron chi connectivity index (χ0n) is 20.9. The SMILES string of the molecule is Cc1ccc(C2=NN(c3nc(-c4ccc(Cl)cc4)cs3)C(c3ccc(OCc4ccccc4)cc3)C2)cc1. The van der Waals surface area contributed by atoms with Crippen molar-refractivity contribution in [2.24, 2.45) is 5.10 Å². The smallest absolute Gasteiger partial charge is 0.207 e. The van der Waals surface area contributed by atoms with Crippen LogP contribution in [-0.4, -0.2) is 10.7 Å². The highest BCUT2D eigenvalue weighted by molar-refractivity contribution is 7.14. The van der Waals surface area contributed by atoms with Crippen molar-refractivity contribution >= 4 is 33.8 Å². The van der Waals surface area contributed by atoms with Crippen LogP contribution in [0.5, 0.6) is 5.75 Å². The fourth-order valence-corrected chi connectivity index (χ4v) is 5.48. The van der Waals surface area contributed by atoms with Crippen molar-refractivity contribution < 1.29 is 4.74 Å². The van der Waals surface area contributed by atoms with Gasteiger partial charge in [0.15, 0.2) is 0 Å². The van der Waals surface area contributed by atoms with E-state index in [9.17, 15) is 0 Å². The lowest BCUT2D eigenvalue weighted by atomic mass is 9.98. The molecular weight excluding hydrogens is 510 g/mol.